The Morgan fingerprint density at radius 1 is 1.19 bits per heavy atom. The number of aliphatic imine (C=N–C) groups is 2. The van der Waals surface area contributed by atoms with Crippen LogP contribution >= 0.6 is 0 Å². The number of amides is 1. The molecular formula is C22H23N7O2. The van der Waals surface area contributed by atoms with E-state index in [0.717, 1.165) is 39.1 Å². The molecule has 0 saturated carbocycles. The third-order valence-corrected chi connectivity index (χ3v) is 5.63. The lowest BCUT2D eigenvalue weighted by atomic mass is 10.0. The number of rotatable bonds is 5. The van der Waals surface area contributed by atoms with Crippen molar-refractivity contribution in [1.82, 2.24) is 20.6 Å². The molecule has 4 N–H and O–H groups in total. The zero-order valence-corrected chi connectivity index (χ0v) is 17.3. The van der Waals surface area contributed by atoms with Gasteiger partial charge in [0.05, 0.1) is 28.7 Å². The van der Waals surface area contributed by atoms with Crippen molar-refractivity contribution in [1.29, 1.82) is 0 Å². The first kappa shape index (κ1) is 19.4. The topological polar surface area (TPSA) is 118 Å². The lowest BCUT2D eigenvalue weighted by Gasteiger charge is -2.34. The van der Waals surface area contributed by atoms with E-state index in [-0.39, 0.29) is 5.71 Å². The number of aromatic amines is 1. The van der Waals surface area contributed by atoms with E-state index in [1.165, 1.54) is 0 Å². The predicted octanol–water partition coefficient (Wildman–Crippen LogP) is 1.67. The second kappa shape index (κ2) is 7.60. The minimum atomic E-state index is -1.27. The normalized spacial score (nSPS) is 17.7. The Hall–Kier alpha value is -3.56. The average molecular weight is 417 g/mol. The number of carbonyl (C=O) groups is 1. The second-order valence-electron chi connectivity index (χ2n) is 7.77. The molecule has 0 fully saturated rings. The summed E-state index contributed by atoms with van der Waals surface area (Å²) in [6, 6.07) is 10.2. The zero-order chi connectivity index (χ0) is 21.5. The van der Waals surface area contributed by atoms with Crippen molar-refractivity contribution < 1.29 is 9.90 Å². The van der Waals surface area contributed by atoms with Gasteiger partial charge in [-0.25, -0.2) is 15.0 Å². The number of nitrogens with one attached hydrogen (secondary N) is 3. The highest BCUT2D eigenvalue weighted by Crippen LogP contribution is 2.36. The fourth-order valence-corrected chi connectivity index (χ4v) is 3.86. The molecule has 1 amide bonds. The number of fused-ring (bicyclic) bond motifs is 3. The number of amidine groups is 1. The minimum absolute atomic E-state index is 0.228. The number of hydrogen-bond acceptors (Lipinski definition) is 7. The molecule has 1 aromatic heterocycles. The van der Waals surface area contributed by atoms with Crippen molar-refractivity contribution in [2.75, 3.05) is 18.0 Å². The largest absolute Gasteiger partial charge is 0.355 e. The number of benzene rings is 2. The fraction of sp³-hybridized carbons (Fsp3) is 0.273. The van der Waals surface area contributed by atoms with Gasteiger partial charge in [-0.1, -0.05) is 6.07 Å². The van der Waals surface area contributed by atoms with Crippen molar-refractivity contribution in [2.24, 2.45) is 9.98 Å². The molecule has 158 valence electrons. The number of hydrogen-bond donors (Lipinski definition) is 4. The molecule has 2 aromatic carbocycles. The maximum Gasteiger partial charge on any atom is 0.277 e. The van der Waals surface area contributed by atoms with E-state index in [0.29, 0.717) is 25.5 Å². The zero-order valence-electron chi connectivity index (χ0n) is 17.3. The van der Waals surface area contributed by atoms with Crippen molar-refractivity contribution in [3.63, 3.8) is 0 Å². The van der Waals surface area contributed by atoms with Crippen LogP contribution in [0.25, 0.3) is 11.0 Å². The van der Waals surface area contributed by atoms with Crippen LogP contribution < -0.4 is 15.5 Å². The summed E-state index contributed by atoms with van der Waals surface area (Å²) in [7, 11) is 0. The third-order valence-electron chi connectivity index (χ3n) is 5.63. The Morgan fingerprint density at radius 3 is 2.90 bits per heavy atom. The lowest BCUT2D eigenvalue weighted by molar-refractivity contribution is -0.117. The van der Waals surface area contributed by atoms with Crippen molar-refractivity contribution in [3.8, 4) is 0 Å². The molecule has 0 radical (unpaired) electrons. The van der Waals surface area contributed by atoms with E-state index in [1.54, 1.807) is 6.33 Å². The van der Waals surface area contributed by atoms with Gasteiger partial charge in [0.2, 0.25) is 6.35 Å². The highest BCUT2D eigenvalue weighted by Gasteiger charge is 2.35. The summed E-state index contributed by atoms with van der Waals surface area (Å²) in [6.45, 7) is 5.98. The number of aryl methyl sites for hydroxylation is 2. The number of nitrogens with zero attached hydrogens (tertiary/aromatic N) is 4. The first-order chi connectivity index (χ1) is 15.0. The summed E-state index contributed by atoms with van der Waals surface area (Å²) < 4.78 is 0. The molecule has 1 unspecified atom stereocenters. The van der Waals surface area contributed by atoms with Crippen molar-refractivity contribution in [3.05, 3.63) is 53.3 Å². The van der Waals surface area contributed by atoms with E-state index < -0.39 is 12.3 Å². The molecule has 0 bridgehead atoms. The van der Waals surface area contributed by atoms with Crippen LogP contribution in [0.4, 0.5) is 11.4 Å². The maximum absolute atomic E-state index is 12.4. The summed E-state index contributed by atoms with van der Waals surface area (Å²) in [5.41, 5.74) is 7.17. The smallest absolute Gasteiger partial charge is 0.277 e. The number of aliphatic hydroxyl groups excluding tert-OH is 1. The summed E-state index contributed by atoms with van der Waals surface area (Å²) in [4.78, 5) is 30.5. The first-order valence-corrected chi connectivity index (χ1v) is 10.2. The molecule has 0 aliphatic carbocycles. The first-order valence-electron chi connectivity index (χ1n) is 10.2. The fourth-order valence-electron chi connectivity index (χ4n) is 3.86. The van der Waals surface area contributed by atoms with Gasteiger partial charge in [0.1, 0.15) is 0 Å². The van der Waals surface area contributed by atoms with Crippen LogP contribution in [0.3, 0.4) is 0 Å². The van der Waals surface area contributed by atoms with Gasteiger partial charge in [0.15, 0.2) is 11.5 Å². The molecule has 0 saturated heterocycles. The van der Waals surface area contributed by atoms with Crippen molar-refractivity contribution in [2.45, 2.75) is 26.7 Å². The second-order valence-corrected chi connectivity index (χ2v) is 7.77. The molecule has 3 aromatic rings. The molecule has 9 nitrogen and oxygen atoms in total. The van der Waals surface area contributed by atoms with Gasteiger partial charge >= 0.3 is 0 Å². The lowest BCUT2D eigenvalue weighted by Crippen LogP contribution is -2.54. The molecule has 2 aliphatic rings. The molecule has 31 heavy (non-hydrogen) atoms. The maximum atomic E-state index is 12.4. The van der Waals surface area contributed by atoms with Crippen LogP contribution in [0, 0.1) is 13.8 Å². The third kappa shape index (κ3) is 3.58. The number of carbonyl (C=O) groups excluding carboxylic acids is 1. The Balaban J connectivity index is 1.37. The van der Waals surface area contributed by atoms with E-state index in [1.807, 2.05) is 30.9 Å². The number of aliphatic hydroxyl groups is 1. The monoisotopic (exact) mass is 417 g/mol. The number of aromatic nitrogens is 2. The Bertz CT molecular complexity index is 1240. The van der Waals surface area contributed by atoms with Gasteiger partial charge in [-0.2, -0.15) is 0 Å². The molecule has 1 atom stereocenters. The molecule has 9 heteroatoms. The Labute approximate surface area is 178 Å². The Morgan fingerprint density at radius 2 is 2.03 bits per heavy atom. The molecule has 0 spiro atoms. The van der Waals surface area contributed by atoms with E-state index >= 15 is 0 Å². The van der Waals surface area contributed by atoms with Gasteiger partial charge in [-0.15, -0.1) is 0 Å². The van der Waals surface area contributed by atoms with Gasteiger partial charge in [-0.3, -0.25) is 4.79 Å². The predicted molar refractivity (Wildman–Crippen MR) is 120 cm³/mol. The highest BCUT2D eigenvalue weighted by molar-refractivity contribution is 6.70. The summed E-state index contributed by atoms with van der Waals surface area (Å²) >= 11 is 0. The quantitative estimate of drug-likeness (QED) is 0.471. The van der Waals surface area contributed by atoms with Gasteiger partial charge < -0.3 is 25.6 Å². The van der Waals surface area contributed by atoms with E-state index in [4.69, 9.17) is 0 Å². The van der Waals surface area contributed by atoms with Crippen LogP contribution in [0.1, 0.15) is 16.7 Å². The van der Waals surface area contributed by atoms with Gasteiger partial charge in [0.25, 0.3) is 5.91 Å². The molecular weight excluding hydrogens is 394 g/mol. The minimum Gasteiger partial charge on any atom is -0.355 e. The summed E-state index contributed by atoms with van der Waals surface area (Å²) in [5.74, 6) is -0.0279. The average Bonchev–Trinajstić information content (AvgIpc) is 3.20. The van der Waals surface area contributed by atoms with Crippen LogP contribution in [0.5, 0.6) is 0 Å². The SMILES string of the molecule is Cc1cc2c(cc1C)N(CCNCc1ccc3nc[nH]c3c1)C1=NC(O)NC(=O)C1=N2. The molecule has 2 aliphatic heterocycles. The van der Waals surface area contributed by atoms with Crippen LogP contribution in [-0.4, -0.2) is 52.0 Å². The van der Waals surface area contributed by atoms with Crippen LogP contribution in [0.2, 0.25) is 0 Å². The standard InChI is InChI=1S/C22H23N7O2/c1-12-7-17-18(8-13(12)2)29(20-19(26-17)21(30)28-22(31)27-20)6-5-23-10-14-3-4-15-16(9-14)25-11-24-15/h3-4,7-9,11,22-23,31H,5-6,10H2,1-2H3,(H,24,25)(H,28,30). The number of imidazole rings is 1. The van der Waals surface area contributed by atoms with Gasteiger partial charge in [0, 0.05) is 19.6 Å². The summed E-state index contributed by atoms with van der Waals surface area (Å²) in [6.07, 6.45) is 0.416. The van der Waals surface area contributed by atoms with Gasteiger partial charge in [-0.05, 0) is 54.8 Å². The van der Waals surface area contributed by atoms with E-state index in [9.17, 15) is 9.90 Å². The van der Waals surface area contributed by atoms with Crippen LogP contribution in [-0.2, 0) is 11.3 Å². The van der Waals surface area contributed by atoms with Crippen molar-refractivity contribution >= 4 is 39.9 Å². The Kier molecular flexibility index (Phi) is 4.76. The highest BCUT2D eigenvalue weighted by atomic mass is 16.3. The van der Waals surface area contributed by atoms with Crippen LogP contribution in [0.15, 0.2) is 46.6 Å². The number of H-pyrrole nitrogens is 1. The summed E-state index contributed by atoms with van der Waals surface area (Å²) in [5, 5.41) is 15.8. The number of anilines is 1. The molecule has 5 rings (SSSR count). The molecule has 3 heterocycles. The van der Waals surface area contributed by atoms with E-state index in [2.05, 4.69) is 48.8 Å².